The number of anilines is 1. The molecule has 1 saturated carbocycles. The summed E-state index contributed by atoms with van der Waals surface area (Å²) in [5.74, 6) is -0.165. The molecule has 54 heavy (non-hydrogen) atoms. The van der Waals surface area contributed by atoms with Gasteiger partial charge in [0.1, 0.15) is 12.2 Å². The maximum absolute atomic E-state index is 13.6. The summed E-state index contributed by atoms with van der Waals surface area (Å²) in [6, 6.07) is 18.0. The Balaban J connectivity index is 1.25. The molecule has 290 valence electrons. The number of likely N-dealkylation sites (tertiary alicyclic amines) is 1. The zero-order valence-corrected chi connectivity index (χ0v) is 33.0. The van der Waals surface area contributed by atoms with Crippen molar-refractivity contribution >= 4 is 46.4 Å². The molecule has 10 nitrogen and oxygen atoms in total. The highest BCUT2D eigenvalue weighted by atomic mass is 32.1. The second-order valence-electron chi connectivity index (χ2n) is 16.8. The summed E-state index contributed by atoms with van der Waals surface area (Å²) in [7, 11) is 0. The smallest absolute Gasteiger partial charge is 0.410 e. The Morgan fingerprint density at radius 3 is 2.28 bits per heavy atom. The quantitative estimate of drug-likeness (QED) is 0.182. The summed E-state index contributed by atoms with van der Waals surface area (Å²) in [5, 5.41) is 2.93. The third kappa shape index (κ3) is 8.88. The molecule has 1 aliphatic heterocycles. The lowest BCUT2D eigenvalue weighted by Gasteiger charge is -2.52. The van der Waals surface area contributed by atoms with Crippen LogP contribution in [0.1, 0.15) is 112 Å². The molecule has 3 amide bonds. The van der Waals surface area contributed by atoms with Gasteiger partial charge < -0.3 is 23.8 Å². The highest BCUT2D eigenvalue weighted by molar-refractivity contribution is 7.14. The molecule has 13 heteroatoms. The molecule has 1 aliphatic carbocycles. The van der Waals surface area contributed by atoms with Crippen molar-refractivity contribution in [3.63, 3.8) is 0 Å². The Morgan fingerprint density at radius 1 is 0.981 bits per heavy atom. The van der Waals surface area contributed by atoms with Crippen molar-refractivity contribution in [2.45, 2.75) is 111 Å². The van der Waals surface area contributed by atoms with Gasteiger partial charge in [-0.05, 0) is 99.6 Å². The highest BCUT2D eigenvalue weighted by Crippen LogP contribution is 2.56. The molecule has 0 radical (unpaired) electrons. The van der Waals surface area contributed by atoms with Gasteiger partial charge in [0.05, 0.1) is 20.8 Å². The molecule has 6 rings (SSSR count). The minimum atomic E-state index is -2.66. The van der Waals surface area contributed by atoms with E-state index in [2.05, 4.69) is 26.1 Å². The Hall–Kier alpha value is -4.52. The van der Waals surface area contributed by atoms with Crippen molar-refractivity contribution < 1.29 is 32.6 Å². The van der Waals surface area contributed by atoms with E-state index in [1.54, 1.807) is 9.80 Å². The van der Waals surface area contributed by atoms with E-state index in [0.717, 1.165) is 53.7 Å². The molecule has 2 aliphatic rings. The van der Waals surface area contributed by atoms with Gasteiger partial charge in [-0.1, -0.05) is 57.2 Å². The number of fused-ring (bicyclic) bond motifs is 1. The summed E-state index contributed by atoms with van der Waals surface area (Å²) in [4.78, 5) is 48.1. The van der Waals surface area contributed by atoms with E-state index < -0.39 is 24.0 Å². The Bertz CT molecular complexity index is 1970. The topological polar surface area (TPSA) is 106 Å². The molecule has 4 aromatic rings. The Labute approximate surface area is 319 Å². The lowest BCUT2D eigenvalue weighted by molar-refractivity contribution is -0.0222. The second kappa shape index (κ2) is 15.3. The average Bonchev–Trinajstić information content (AvgIpc) is 3.73. The molecular formula is C41H51F2N5O5S. The molecule has 2 fully saturated rings. The van der Waals surface area contributed by atoms with Gasteiger partial charge in [0.15, 0.2) is 0 Å². The molecule has 0 bridgehead atoms. The van der Waals surface area contributed by atoms with Gasteiger partial charge in [-0.2, -0.15) is 0 Å². The summed E-state index contributed by atoms with van der Waals surface area (Å²) >= 11 is 0.761. The number of imidazole rings is 1. The van der Waals surface area contributed by atoms with Crippen LogP contribution in [0.4, 0.5) is 24.3 Å². The number of hydrogen-bond acceptors (Lipinski definition) is 7. The number of carbonyl (C=O) groups is 3. The number of halogens is 2. The fourth-order valence-electron chi connectivity index (χ4n) is 7.30. The number of aromatic nitrogens is 2. The van der Waals surface area contributed by atoms with Gasteiger partial charge in [-0.25, -0.2) is 23.4 Å². The van der Waals surface area contributed by atoms with E-state index in [9.17, 15) is 23.2 Å². The monoisotopic (exact) mass is 763 g/mol. The first kappa shape index (κ1) is 39.2. The van der Waals surface area contributed by atoms with E-state index in [1.165, 1.54) is 12.1 Å². The van der Waals surface area contributed by atoms with E-state index >= 15 is 0 Å². The van der Waals surface area contributed by atoms with Crippen LogP contribution in [0.3, 0.4) is 0 Å². The van der Waals surface area contributed by atoms with Gasteiger partial charge in [0.25, 0.3) is 12.3 Å². The Kier molecular flexibility index (Phi) is 11.1. The number of alkyl halides is 2. The summed E-state index contributed by atoms with van der Waals surface area (Å²) in [6.07, 6.45) is -0.0178. The number of hydrogen-bond donors (Lipinski definition) is 1. The molecule has 1 saturated heterocycles. The van der Waals surface area contributed by atoms with E-state index in [-0.39, 0.29) is 51.9 Å². The lowest BCUT2D eigenvalue weighted by Crippen LogP contribution is -2.50. The maximum Gasteiger partial charge on any atom is 0.410 e. The van der Waals surface area contributed by atoms with Gasteiger partial charge in [-0.3, -0.25) is 10.1 Å². The van der Waals surface area contributed by atoms with Crippen LogP contribution in [0.25, 0.3) is 11.0 Å². The first-order valence-electron chi connectivity index (χ1n) is 18.6. The van der Waals surface area contributed by atoms with Crippen LogP contribution < -0.4 is 5.32 Å². The zero-order chi connectivity index (χ0) is 39.0. The normalized spacial score (nSPS) is 16.7. The predicted molar refractivity (Wildman–Crippen MR) is 206 cm³/mol. The number of amides is 3. The average molecular weight is 764 g/mol. The van der Waals surface area contributed by atoms with Crippen LogP contribution in [0.15, 0.2) is 60.7 Å². The summed E-state index contributed by atoms with van der Waals surface area (Å²) in [6.45, 7) is 15.5. The van der Waals surface area contributed by atoms with Gasteiger partial charge in [0.2, 0.25) is 5.95 Å². The number of benzene rings is 2. The number of ether oxygens (including phenoxy) is 2. The molecule has 1 N–H and O–H groups in total. The third-order valence-electron chi connectivity index (χ3n) is 10.7. The zero-order valence-electron chi connectivity index (χ0n) is 32.2. The lowest BCUT2D eigenvalue weighted by atomic mass is 9.60. The number of nitrogens with zero attached hydrogens (tertiary/aromatic N) is 4. The van der Waals surface area contributed by atoms with Gasteiger partial charge >= 0.3 is 12.2 Å². The van der Waals surface area contributed by atoms with Crippen molar-refractivity contribution in [2.75, 3.05) is 18.4 Å². The minimum Gasteiger partial charge on any atom is -0.445 e. The third-order valence-corrected chi connectivity index (χ3v) is 11.8. The molecule has 3 heterocycles. The predicted octanol–water partition coefficient (Wildman–Crippen LogP) is 10.2. The van der Waals surface area contributed by atoms with E-state index in [0.29, 0.717) is 24.6 Å². The van der Waals surface area contributed by atoms with Crippen LogP contribution >= 0.6 is 11.3 Å². The maximum atomic E-state index is 13.6. The van der Waals surface area contributed by atoms with E-state index in [1.807, 2.05) is 80.8 Å². The van der Waals surface area contributed by atoms with Crippen LogP contribution in [-0.2, 0) is 22.6 Å². The van der Waals surface area contributed by atoms with Crippen LogP contribution in [-0.4, -0.2) is 62.2 Å². The molecular weight excluding hydrogens is 713 g/mol. The van der Waals surface area contributed by atoms with Crippen molar-refractivity contribution in [3.05, 3.63) is 81.5 Å². The summed E-state index contributed by atoms with van der Waals surface area (Å²) in [5.41, 5.74) is 2.46. The fourth-order valence-corrected chi connectivity index (χ4v) is 8.06. The fraction of sp³-hybridized carbons (Fsp3) is 0.512. The van der Waals surface area contributed by atoms with Crippen molar-refractivity contribution in [2.24, 2.45) is 10.8 Å². The van der Waals surface area contributed by atoms with Crippen LogP contribution in [0, 0.1) is 10.8 Å². The van der Waals surface area contributed by atoms with Crippen molar-refractivity contribution in [1.29, 1.82) is 0 Å². The second-order valence-corrected chi connectivity index (χ2v) is 17.9. The molecule has 2 aromatic heterocycles. The SMILES string of the molecule is C[C@H](N(Cc1ccc2c(c1)nc(NC(=O)c1ccc(C(F)F)s1)n2C1CC2(CCN(C(=O)OC(C)(C)C)CC2)C1)C(=O)OCc1ccccc1)C(C)(C)C. The molecule has 2 aromatic carbocycles. The molecule has 0 unspecified atom stereocenters. The number of thiophene rings is 1. The molecule has 1 atom stereocenters. The largest absolute Gasteiger partial charge is 0.445 e. The number of carbonyl (C=O) groups excluding carboxylic acids is 3. The standard InChI is InChI=1S/C41H51F2N5O5S/c1-26(39(2,3)4)47(38(51)52-25-27-11-9-8-10-12-27)24-28-13-14-31-30(21-28)44-36(45-35(49)33-16-15-32(54-33)34(42)43)48(31)29-22-41(23-29)17-19-46(20-18-41)37(50)53-40(5,6)7/h8-16,21,26,29,34H,17-20,22-25H2,1-7H3,(H,44,45,49)/t26-/m0/s1. The van der Waals surface area contributed by atoms with Gasteiger partial charge in [0, 0.05) is 31.7 Å². The Morgan fingerprint density at radius 2 is 1.67 bits per heavy atom. The highest BCUT2D eigenvalue weighted by Gasteiger charge is 2.48. The number of piperidine rings is 1. The van der Waals surface area contributed by atoms with Crippen LogP contribution in [0.5, 0.6) is 0 Å². The van der Waals surface area contributed by atoms with Crippen molar-refractivity contribution in [3.8, 4) is 0 Å². The minimum absolute atomic E-state index is 0.0227. The summed E-state index contributed by atoms with van der Waals surface area (Å²) < 4.78 is 40.2. The number of nitrogens with one attached hydrogen (secondary N) is 1. The van der Waals surface area contributed by atoms with Crippen LogP contribution in [0.2, 0.25) is 0 Å². The molecule has 1 spiro atoms. The van der Waals surface area contributed by atoms with Gasteiger partial charge in [-0.15, -0.1) is 11.3 Å². The van der Waals surface area contributed by atoms with E-state index in [4.69, 9.17) is 14.5 Å². The number of rotatable bonds is 9. The van der Waals surface area contributed by atoms with Crippen molar-refractivity contribution in [1.82, 2.24) is 19.4 Å². The first-order valence-corrected chi connectivity index (χ1v) is 19.4. The first-order chi connectivity index (χ1) is 25.4.